The smallest absolute Gasteiger partial charge is 0.255 e. The SMILES string of the molecule is CCN(CC)S(=O)(=O)c1cccc(C(=O)Nc2cc(C)ccc2C)c1. The Morgan fingerprint density at radius 1 is 1.04 bits per heavy atom. The molecule has 0 atom stereocenters. The van der Waals surface area contributed by atoms with Gasteiger partial charge in [0, 0.05) is 24.3 Å². The van der Waals surface area contributed by atoms with Gasteiger partial charge in [0.2, 0.25) is 10.0 Å². The first kappa shape index (κ1) is 19.1. The first-order chi connectivity index (χ1) is 11.8. The van der Waals surface area contributed by atoms with Gasteiger partial charge in [0.15, 0.2) is 0 Å². The van der Waals surface area contributed by atoms with Gasteiger partial charge in [0.05, 0.1) is 4.90 Å². The van der Waals surface area contributed by atoms with Gasteiger partial charge < -0.3 is 5.32 Å². The molecule has 0 fully saturated rings. The van der Waals surface area contributed by atoms with Crippen LogP contribution in [0.2, 0.25) is 0 Å². The second-order valence-corrected chi connectivity index (χ2v) is 7.83. The molecular formula is C19H24N2O3S. The van der Waals surface area contributed by atoms with Gasteiger partial charge in [0.1, 0.15) is 0 Å². The molecule has 0 unspecified atom stereocenters. The zero-order chi connectivity index (χ0) is 18.6. The van der Waals surface area contributed by atoms with E-state index in [-0.39, 0.29) is 10.8 Å². The molecule has 0 aliphatic heterocycles. The summed E-state index contributed by atoms with van der Waals surface area (Å²) in [5.74, 6) is -0.328. The van der Waals surface area contributed by atoms with E-state index < -0.39 is 10.0 Å². The quantitative estimate of drug-likeness (QED) is 0.856. The average molecular weight is 360 g/mol. The highest BCUT2D eigenvalue weighted by Crippen LogP contribution is 2.20. The van der Waals surface area contributed by atoms with Gasteiger partial charge in [-0.2, -0.15) is 4.31 Å². The van der Waals surface area contributed by atoms with E-state index in [9.17, 15) is 13.2 Å². The third-order valence-electron chi connectivity index (χ3n) is 4.08. The Balaban J connectivity index is 2.32. The fourth-order valence-corrected chi connectivity index (χ4v) is 4.08. The molecular weight excluding hydrogens is 336 g/mol. The zero-order valence-electron chi connectivity index (χ0n) is 15.0. The Kier molecular flexibility index (Phi) is 5.98. The van der Waals surface area contributed by atoms with Gasteiger partial charge in [0.25, 0.3) is 5.91 Å². The molecule has 0 spiro atoms. The fraction of sp³-hybridized carbons (Fsp3) is 0.316. The van der Waals surface area contributed by atoms with Crippen molar-refractivity contribution in [2.45, 2.75) is 32.6 Å². The van der Waals surface area contributed by atoms with Crippen LogP contribution in [0.3, 0.4) is 0 Å². The summed E-state index contributed by atoms with van der Waals surface area (Å²) in [6.45, 7) is 8.22. The minimum absolute atomic E-state index is 0.129. The number of sulfonamides is 1. The number of anilines is 1. The molecule has 0 heterocycles. The van der Waals surface area contributed by atoms with Crippen LogP contribution in [0.5, 0.6) is 0 Å². The molecule has 0 aromatic heterocycles. The van der Waals surface area contributed by atoms with Crippen molar-refractivity contribution in [3.8, 4) is 0 Å². The molecule has 0 radical (unpaired) electrons. The summed E-state index contributed by atoms with van der Waals surface area (Å²) in [7, 11) is -3.59. The Bertz CT molecular complexity index is 872. The van der Waals surface area contributed by atoms with Crippen LogP contribution < -0.4 is 5.32 Å². The molecule has 1 N–H and O–H groups in total. The number of hydrogen-bond acceptors (Lipinski definition) is 3. The fourth-order valence-electron chi connectivity index (χ4n) is 2.58. The van der Waals surface area contributed by atoms with Gasteiger partial charge in [-0.05, 0) is 49.2 Å². The third kappa shape index (κ3) is 4.27. The van der Waals surface area contributed by atoms with E-state index in [1.165, 1.54) is 16.4 Å². The molecule has 0 aliphatic rings. The summed E-state index contributed by atoms with van der Waals surface area (Å²) in [5, 5.41) is 2.86. The van der Waals surface area contributed by atoms with Gasteiger partial charge in [-0.25, -0.2) is 8.42 Å². The van der Waals surface area contributed by atoms with Crippen molar-refractivity contribution in [2.24, 2.45) is 0 Å². The van der Waals surface area contributed by atoms with E-state index in [0.29, 0.717) is 18.7 Å². The number of hydrogen-bond donors (Lipinski definition) is 1. The van der Waals surface area contributed by atoms with Crippen molar-refractivity contribution in [3.05, 3.63) is 59.2 Å². The van der Waals surface area contributed by atoms with Crippen molar-refractivity contribution >= 4 is 21.6 Å². The number of rotatable bonds is 6. The van der Waals surface area contributed by atoms with Crippen molar-refractivity contribution in [3.63, 3.8) is 0 Å². The molecule has 2 rings (SSSR count). The summed E-state index contributed by atoms with van der Waals surface area (Å²) in [5.41, 5.74) is 3.03. The summed E-state index contributed by atoms with van der Waals surface area (Å²) in [6, 6.07) is 11.9. The predicted octanol–water partition coefficient (Wildman–Crippen LogP) is 3.59. The van der Waals surface area contributed by atoms with Crippen molar-refractivity contribution in [1.82, 2.24) is 4.31 Å². The van der Waals surface area contributed by atoms with E-state index in [2.05, 4.69) is 5.32 Å². The summed E-state index contributed by atoms with van der Waals surface area (Å²) < 4.78 is 26.6. The second kappa shape index (κ2) is 7.80. The summed E-state index contributed by atoms with van der Waals surface area (Å²) in [4.78, 5) is 12.7. The number of aryl methyl sites for hydroxylation is 2. The van der Waals surface area contributed by atoms with E-state index in [1.807, 2.05) is 32.0 Å². The Labute approximate surface area is 149 Å². The molecule has 0 aliphatic carbocycles. The largest absolute Gasteiger partial charge is 0.322 e. The second-order valence-electron chi connectivity index (χ2n) is 5.89. The van der Waals surface area contributed by atoms with Crippen LogP contribution in [0.25, 0.3) is 0 Å². The van der Waals surface area contributed by atoms with E-state index in [1.54, 1.807) is 26.0 Å². The van der Waals surface area contributed by atoms with Crippen molar-refractivity contribution in [1.29, 1.82) is 0 Å². The van der Waals surface area contributed by atoms with Gasteiger partial charge in [-0.1, -0.05) is 32.0 Å². The molecule has 2 aromatic carbocycles. The van der Waals surface area contributed by atoms with E-state index >= 15 is 0 Å². The number of carbonyl (C=O) groups excluding carboxylic acids is 1. The normalized spacial score (nSPS) is 11.6. The van der Waals surface area contributed by atoms with E-state index in [4.69, 9.17) is 0 Å². The standard InChI is InChI=1S/C19H24N2O3S/c1-5-21(6-2)25(23,24)17-9-7-8-16(13-17)19(22)20-18-12-14(3)10-11-15(18)4/h7-13H,5-6H2,1-4H3,(H,20,22). The minimum atomic E-state index is -3.59. The highest BCUT2D eigenvalue weighted by molar-refractivity contribution is 7.89. The summed E-state index contributed by atoms with van der Waals surface area (Å²) >= 11 is 0. The lowest BCUT2D eigenvalue weighted by atomic mass is 10.1. The lowest BCUT2D eigenvalue weighted by Gasteiger charge is -2.18. The average Bonchev–Trinajstić information content (AvgIpc) is 2.59. The molecule has 5 nitrogen and oxygen atoms in total. The molecule has 25 heavy (non-hydrogen) atoms. The first-order valence-corrected chi connectivity index (χ1v) is 9.72. The van der Waals surface area contributed by atoms with Gasteiger partial charge in [-0.3, -0.25) is 4.79 Å². The molecule has 134 valence electrons. The maximum Gasteiger partial charge on any atom is 0.255 e. The Morgan fingerprint density at radius 3 is 2.36 bits per heavy atom. The molecule has 0 saturated carbocycles. The van der Waals surface area contributed by atoms with E-state index in [0.717, 1.165) is 16.8 Å². The predicted molar refractivity (Wildman–Crippen MR) is 100 cm³/mol. The maximum absolute atomic E-state index is 12.6. The van der Waals surface area contributed by atoms with Crippen LogP contribution in [-0.2, 0) is 10.0 Å². The molecule has 6 heteroatoms. The van der Waals surface area contributed by atoms with Gasteiger partial charge >= 0.3 is 0 Å². The molecule has 1 amide bonds. The topological polar surface area (TPSA) is 66.5 Å². The lowest BCUT2D eigenvalue weighted by Crippen LogP contribution is -2.30. The molecule has 0 bridgehead atoms. The third-order valence-corrected chi connectivity index (χ3v) is 6.13. The zero-order valence-corrected chi connectivity index (χ0v) is 15.9. The van der Waals surface area contributed by atoms with Crippen LogP contribution in [0, 0.1) is 13.8 Å². The number of nitrogens with zero attached hydrogens (tertiary/aromatic N) is 1. The van der Waals surface area contributed by atoms with Crippen LogP contribution in [-0.4, -0.2) is 31.7 Å². The first-order valence-electron chi connectivity index (χ1n) is 8.28. The number of amides is 1. The Morgan fingerprint density at radius 2 is 1.72 bits per heavy atom. The number of nitrogens with one attached hydrogen (secondary N) is 1. The van der Waals surface area contributed by atoms with Gasteiger partial charge in [-0.15, -0.1) is 0 Å². The minimum Gasteiger partial charge on any atom is -0.322 e. The van der Waals surface area contributed by atoms with Crippen molar-refractivity contribution < 1.29 is 13.2 Å². The summed E-state index contributed by atoms with van der Waals surface area (Å²) in [6.07, 6.45) is 0. The highest BCUT2D eigenvalue weighted by Gasteiger charge is 2.22. The number of benzene rings is 2. The highest BCUT2D eigenvalue weighted by atomic mass is 32.2. The van der Waals surface area contributed by atoms with Crippen molar-refractivity contribution in [2.75, 3.05) is 18.4 Å². The Hall–Kier alpha value is -2.18. The van der Waals surface area contributed by atoms with Crippen LogP contribution in [0.1, 0.15) is 35.3 Å². The van der Waals surface area contributed by atoms with Crippen LogP contribution in [0.4, 0.5) is 5.69 Å². The molecule has 0 saturated heterocycles. The molecule has 2 aromatic rings. The lowest BCUT2D eigenvalue weighted by molar-refractivity contribution is 0.102. The van der Waals surface area contributed by atoms with Crippen LogP contribution >= 0.6 is 0 Å². The van der Waals surface area contributed by atoms with Crippen LogP contribution in [0.15, 0.2) is 47.4 Å². The monoisotopic (exact) mass is 360 g/mol. The maximum atomic E-state index is 12.6. The number of carbonyl (C=O) groups is 1.